The first kappa shape index (κ1) is 13.7. The number of aromatic nitrogens is 1. The van der Waals surface area contributed by atoms with E-state index < -0.39 is 0 Å². The van der Waals surface area contributed by atoms with E-state index in [-0.39, 0.29) is 5.91 Å². The van der Waals surface area contributed by atoms with Crippen LogP contribution in [0.2, 0.25) is 0 Å². The van der Waals surface area contributed by atoms with Gasteiger partial charge in [-0.25, -0.2) is 0 Å². The number of hydrogen-bond acceptors (Lipinski definition) is 5. The van der Waals surface area contributed by atoms with Crippen LogP contribution in [0.4, 0.5) is 0 Å². The van der Waals surface area contributed by atoms with Crippen LogP contribution in [0, 0.1) is 0 Å². The second-order valence-electron chi connectivity index (χ2n) is 6.84. The third-order valence-corrected chi connectivity index (χ3v) is 6.25. The molecule has 23 heavy (non-hydrogen) atoms. The Bertz CT molecular complexity index is 743. The maximum Gasteiger partial charge on any atom is 0.276 e. The molecule has 0 atom stereocenters. The fraction of sp³-hybridized carbons (Fsp3) is 0.529. The lowest BCUT2D eigenvalue weighted by atomic mass is 10.0. The maximum atomic E-state index is 12.5. The molecule has 0 radical (unpaired) electrons. The highest BCUT2D eigenvalue weighted by molar-refractivity contribution is 7.10. The molecule has 1 saturated carbocycles. The number of carbonyl (C=O) groups is 1. The van der Waals surface area contributed by atoms with Crippen molar-refractivity contribution in [2.45, 2.75) is 37.8 Å². The molecule has 2 fully saturated rings. The van der Waals surface area contributed by atoms with E-state index in [1.807, 2.05) is 22.3 Å². The Labute approximate surface area is 138 Å². The van der Waals surface area contributed by atoms with Crippen molar-refractivity contribution in [1.29, 1.82) is 0 Å². The molecule has 6 heteroatoms. The van der Waals surface area contributed by atoms with Crippen molar-refractivity contribution in [2.24, 2.45) is 0 Å². The number of nitrogens with zero attached hydrogens (tertiary/aromatic N) is 3. The quantitative estimate of drug-likeness (QED) is 0.868. The average Bonchev–Trinajstić information content (AvgIpc) is 3.07. The Kier molecular flexibility index (Phi) is 3.09. The first-order valence-electron chi connectivity index (χ1n) is 8.33. The van der Waals surface area contributed by atoms with Gasteiger partial charge in [0.05, 0.1) is 0 Å². The van der Waals surface area contributed by atoms with Crippen molar-refractivity contribution in [2.75, 3.05) is 19.6 Å². The van der Waals surface area contributed by atoms with Crippen LogP contribution in [0.15, 0.2) is 22.0 Å². The lowest BCUT2D eigenvalue weighted by molar-refractivity contribution is 0.0213. The highest BCUT2D eigenvalue weighted by Gasteiger charge is 2.38. The second kappa shape index (κ2) is 5.18. The number of likely N-dealkylation sites (tertiary alicyclic amines) is 1. The van der Waals surface area contributed by atoms with Crippen molar-refractivity contribution < 1.29 is 9.32 Å². The summed E-state index contributed by atoms with van der Waals surface area (Å²) in [6, 6.07) is 4.57. The lowest BCUT2D eigenvalue weighted by Crippen LogP contribution is -2.61. The first-order chi connectivity index (χ1) is 11.3. The Balaban J connectivity index is 1.20. The summed E-state index contributed by atoms with van der Waals surface area (Å²) in [5, 5.41) is 6.15. The van der Waals surface area contributed by atoms with Gasteiger partial charge in [0, 0.05) is 49.1 Å². The molecule has 0 aromatic carbocycles. The molecule has 1 aliphatic carbocycles. The van der Waals surface area contributed by atoms with E-state index in [4.69, 9.17) is 4.52 Å². The van der Waals surface area contributed by atoms with Gasteiger partial charge in [0.25, 0.3) is 5.91 Å². The topological polar surface area (TPSA) is 49.6 Å². The SMILES string of the molecule is O=C(c1cc(C2CC2)on1)N1CC(N2CCc3sccc3C2)C1. The Hall–Kier alpha value is -1.66. The zero-order valence-corrected chi connectivity index (χ0v) is 13.7. The van der Waals surface area contributed by atoms with Crippen molar-refractivity contribution in [3.8, 4) is 0 Å². The molecule has 2 aromatic rings. The highest BCUT2D eigenvalue weighted by Crippen LogP contribution is 2.40. The molecular weight excluding hydrogens is 310 g/mol. The Morgan fingerprint density at radius 1 is 1.35 bits per heavy atom. The third-order valence-electron chi connectivity index (χ3n) is 5.23. The average molecular weight is 329 g/mol. The summed E-state index contributed by atoms with van der Waals surface area (Å²) in [6.07, 6.45) is 3.47. The maximum absolute atomic E-state index is 12.5. The van der Waals surface area contributed by atoms with Gasteiger partial charge in [-0.05, 0) is 36.3 Å². The molecule has 1 amide bonds. The molecule has 4 heterocycles. The second-order valence-corrected chi connectivity index (χ2v) is 7.84. The summed E-state index contributed by atoms with van der Waals surface area (Å²) < 4.78 is 5.30. The van der Waals surface area contributed by atoms with E-state index in [9.17, 15) is 4.79 Å². The molecule has 0 unspecified atom stereocenters. The number of hydrogen-bond donors (Lipinski definition) is 0. The predicted octanol–water partition coefficient (Wildman–Crippen LogP) is 2.50. The molecule has 0 bridgehead atoms. The minimum Gasteiger partial charge on any atom is -0.360 e. The molecule has 0 N–H and O–H groups in total. The molecule has 1 saturated heterocycles. The number of fused-ring (bicyclic) bond motifs is 1. The summed E-state index contributed by atoms with van der Waals surface area (Å²) in [5.74, 6) is 1.40. The molecule has 0 spiro atoms. The predicted molar refractivity (Wildman–Crippen MR) is 86.6 cm³/mol. The third kappa shape index (κ3) is 2.40. The van der Waals surface area contributed by atoms with Gasteiger partial charge >= 0.3 is 0 Å². The normalized spacial score (nSPS) is 22.0. The Morgan fingerprint density at radius 3 is 3.04 bits per heavy atom. The molecule has 5 rings (SSSR count). The van der Waals surface area contributed by atoms with E-state index in [0.717, 1.165) is 51.2 Å². The minimum atomic E-state index is 0.0186. The van der Waals surface area contributed by atoms with Crippen LogP contribution in [-0.2, 0) is 13.0 Å². The van der Waals surface area contributed by atoms with Gasteiger partial charge in [0.1, 0.15) is 5.76 Å². The molecule has 3 aliphatic rings. The first-order valence-corrected chi connectivity index (χ1v) is 9.21. The fourth-order valence-corrected chi connectivity index (χ4v) is 4.44. The van der Waals surface area contributed by atoms with Crippen LogP contribution in [0.3, 0.4) is 0 Å². The van der Waals surface area contributed by atoms with Crippen molar-refractivity contribution in [1.82, 2.24) is 15.0 Å². The van der Waals surface area contributed by atoms with E-state index >= 15 is 0 Å². The molecule has 5 nitrogen and oxygen atoms in total. The summed E-state index contributed by atoms with van der Waals surface area (Å²) >= 11 is 1.87. The number of carbonyl (C=O) groups excluding carboxylic acids is 1. The van der Waals surface area contributed by atoms with Crippen LogP contribution >= 0.6 is 11.3 Å². The van der Waals surface area contributed by atoms with E-state index in [2.05, 4.69) is 21.5 Å². The van der Waals surface area contributed by atoms with E-state index in [1.165, 1.54) is 10.4 Å². The molecule has 2 aromatic heterocycles. The van der Waals surface area contributed by atoms with Crippen LogP contribution in [0.25, 0.3) is 0 Å². The number of rotatable bonds is 3. The van der Waals surface area contributed by atoms with Gasteiger partial charge in [0.15, 0.2) is 5.69 Å². The Morgan fingerprint density at radius 2 is 2.22 bits per heavy atom. The minimum absolute atomic E-state index is 0.0186. The largest absolute Gasteiger partial charge is 0.360 e. The molecule has 2 aliphatic heterocycles. The van der Waals surface area contributed by atoms with Crippen molar-refractivity contribution in [3.63, 3.8) is 0 Å². The van der Waals surface area contributed by atoms with Crippen LogP contribution < -0.4 is 0 Å². The summed E-state index contributed by atoms with van der Waals surface area (Å²) in [7, 11) is 0. The fourth-order valence-electron chi connectivity index (χ4n) is 3.55. The van der Waals surface area contributed by atoms with Gasteiger partial charge in [-0.15, -0.1) is 11.3 Å². The van der Waals surface area contributed by atoms with Gasteiger partial charge in [0.2, 0.25) is 0 Å². The smallest absolute Gasteiger partial charge is 0.276 e. The molecule has 120 valence electrons. The van der Waals surface area contributed by atoms with E-state index in [1.54, 1.807) is 0 Å². The van der Waals surface area contributed by atoms with Crippen molar-refractivity contribution >= 4 is 17.2 Å². The highest BCUT2D eigenvalue weighted by atomic mass is 32.1. The zero-order valence-electron chi connectivity index (χ0n) is 12.9. The summed E-state index contributed by atoms with van der Waals surface area (Å²) in [4.78, 5) is 18.4. The van der Waals surface area contributed by atoms with Gasteiger partial charge in [-0.1, -0.05) is 5.16 Å². The standard InChI is InChI=1S/C17H19N3O2S/c21-17(14-7-15(22-18-14)11-1-2-11)20-9-13(10-20)19-5-3-16-12(8-19)4-6-23-16/h4,6-7,11,13H,1-3,5,8-10H2. The van der Waals surface area contributed by atoms with E-state index in [0.29, 0.717) is 17.7 Å². The van der Waals surface area contributed by atoms with Crippen LogP contribution in [-0.4, -0.2) is 46.5 Å². The summed E-state index contributed by atoms with van der Waals surface area (Å²) in [6.45, 7) is 3.76. The molecular formula is C17H19N3O2S. The zero-order chi connectivity index (χ0) is 15.4. The van der Waals surface area contributed by atoms with Crippen LogP contribution in [0.5, 0.6) is 0 Å². The van der Waals surface area contributed by atoms with Gasteiger partial charge in [-0.2, -0.15) is 0 Å². The number of amides is 1. The lowest BCUT2D eigenvalue weighted by Gasteiger charge is -2.46. The van der Waals surface area contributed by atoms with Crippen molar-refractivity contribution in [3.05, 3.63) is 39.4 Å². The van der Waals surface area contributed by atoms with Gasteiger partial charge < -0.3 is 9.42 Å². The summed E-state index contributed by atoms with van der Waals surface area (Å²) in [5.41, 5.74) is 1.95. The number of thiophene rings is 1. The van der Waals surface area contributed by atoms with Crippen LogP contribution in [0.1, 0.15) is 45.4 Å². The van der Waals surface area contributed by atoms with Gasteiger partial charge in [-0.3, -0.25) is 9.69 Å². The monoisotopic (exact) mass is 329 g/mol.